The fourth-order valence-electron chi connectivity index (χ4n) is 3.58. The van der Waals surface area contributed by atoms with Crippen LogP contribution in [0.15, 0.2) is 54.6 Å². The lowest BCUT2D eigenvalue weighted by molar-refractivity contribution is 0.300. The molecule has 1 aliphatic rings. The lowest BCUT2D eigenvalue weighted by atomic mass is 9.72. The Hall–Kier alpha value is -1.67. The third kappa shape index (κ3) is 3.33. The zero-order chi connectivity index (χ0) is 14.7. The molecule has 3 rings (SSSR count). The number of hydrogen-bond donors (Lipinski definition) is 1. The summed E-state index contributed by atoms with van der Waals surface area (Å²) in [4.78, 5) is 0. The van der Waals surface area contributed by atoms with E-state index in [1.165, 1.54) is 11.6 Å². The monoisotopic (exact) mass is 283 g/mol. The maximum absolute atomic E-state index is 13.7. The highest BCUT2D eigenvalue weighted by Crippen LogP contribution is 2.40. The second kappa shape index (κ2) is 6.40. The Morgan fingerprint density at radius 3 is 2.19 bits per heavy atom. The first-order valence-corrected chi connectivity index (χ1v) is 7.80. The van der Waals surface area contributed by atoms with Gasteiger partial charge in [0, 0.05) is 12.0 Å². The largest absolute Gasteiger partial charge is 0.328 e. The molecule has 0 aliphatic heterocycles. The van der Waals surface area contributed by atoms with Crippen molar-refractivity contribution >= 4 is 0 Å². The van der Waals surface area contributed by atoms with Crippen LogP contribution >= 0.6 is 0 Å². The lowest BCUT2D eigenvalue weighted by Crippen LogP contribution is -2.29. The van der Waals surface area contributed by atoms with Gasteiger partial charge in [0.1, 0.15) is 5.82 Å². The first kappa shape index (κ1) is 14.3. The summed E-state index contributed by atoms with van der Waals surface area (Å²) >= 11 is 0. The van der Waals surface area contributed by atoms with Crippen molar-refractivity contribution in [2.75, 3.05) is 0 Å². The van der Waals surface area contributed by atoms with E-state index in [1.54, 1.807) is 6.07 Å². The van der Waals surface area contributed by atoms with Gasteiger partial charge in [0.15, 0.2) is 0 Å². The van der Waals surface area contributed by atoms with Crippen LogP contribution in [0.25, 0.3) is 0 Å². The molecule has 2 N–H and O–H groups in total. The van der Waals surface area contributed by atoms with E-state index in [0.29, 0.717) is 12.0 Å². The molecule has 1 atom stereocenters. The molecule has 2 heteroatoms. The van der Waals surface area contributed by atoms with E-state index in [-0.39, 0.29) is 11.7 Å². The first-order valence-electron chi connectivity index (χ1n) is 7.80. The fraction of sp³-hybridized carbons (Fsp3) is 0.368. The summed E-state index contributed by atoms with van der Waals surface area (Å²) in [6.45, 7) is 0. The summed E-state index contributed by atoms with van der Waals surface area (Å²) < 4.78 is 13.7. The van der Waals surface area contributed by atoms with E-state index in [2.05, 4.69) is 30.3 Å². The highest BCUT2D eigenvalue weighted by Gasteiger charge is 2.28. The molecule has 21 heavy (non-hydrogen) atoms. The molecular formula is C19H22FN. The molecule has 2 aromatic rings. The van der Waals surface area contributed by atoms with Gasteiger partial charge < -0.3 is 5.73 Å². The van der Waals surface area contributed by atoms with Crippen molar-refractivity contribution in [1.29, 1.82) is 0 Å². The molecule has 0 saturated heterocycles. The van der Waals surface area contributed by atoms with Crippen molar-refractivity contribution in [3.63, 3.8) is 0 Å². The summed E-state index contributed by atoms with van der Waals surface area (Å²) in [6, 6.07) is 17.9. The molecule has 1 aliphatic carbocycles. The van der Waals surface area contributed by atoms with Gasteiger partial charge in [-0.15, -0.1) is 0 Å². The zero-order valence-electron chi connectivity index (χ0n) is 12.2. The smallest absolute Gasteiger partial charge is 0.123 e. The first-order chi connectivity index (χ1) is 10.2. The second-order valence-corrected chi connectivity index (χ2v) is 6.12. The van der Waals surface area contributed by atoms with E-state index in [4.69, 9.17) is 5.73 Å². The van der Waals surface area contributed by atoms with Gasteiger partial charge >= 0.3 is 0 Å². The minimum Gasteiger partial charge on any atom is -0.328 e. The Morgan fingerprint density at radius 1 is 0.857 bits per heavy atom. The van der Waals surface area contributed by atoms with Gasteiger partial charge in [-0.3, -0.25) is 0 Å². The Kier molecular flexibility index (Phi) is 4.35. The average molecular weight is 283 g/mol. The predicted octanol–water partition coefficient (Wildman–Crippen LogP) is 4.48. The quantitative estimate of drug-likeness (QED) is 0.883. The third-order valence-electron chi connectivity index (χ3n) is 4.65. The molecular weight excluding hydrogens is 261 g/mol. The van der Waals surface area contributed by atoms with E-state index in [1.807, 2.05) is 12.1 Å². The maximum Gasteiger partial charge on any atom is 0.123 e. The van der Waals surface area contributed by atoms with E-state index >= 15 is 0 Å². The third-order valence-corrected chi connectivity index (χ3v) is 4.65. The number of nitrogens with two attached hydrogens (primary N) is 1. The molecule has 1 fully saturated rings. The van der Waals surface area contributed by atoms with E-state index in [9.17, 15) is 4.39 Å². The highest BCUT2D eigenvalue weighted by molar-refractivity contribution is 5.33. The Labute approximate surface area is 126 Å². The summed E-state index contributed by atoms with van der Waals surface area (Å²) in [5, 5.41) is 0. The standard InChI is InChI=1S/C19H22FN/c20-17-8-4-7-16(13-17)19(14-5-2-1-3-6-14)15-9-11-18(21)12-10-15/h1-8,13,15,18-19H,9-12,21H2. The average Bonchev–Trinajstić information content (AvgIpc) is 2.51. The zero-order valence-corrected chi connectivity index (χ0v) is 12.2. The normalized spacial score (nSPS) is 23.7. The Balaban J connectivity index is 1.95. The summed E-state index contributed by atoms with van der Waals surface area (Å²) in [7, 11) is 0. The van der Waals surface area contributed by atoms with Crippen LogP contribution < -0.4 is 5.73 Å². The van der Waals surface area contributed by atoms with Crippen LogP contribution in [-0.4, -0.2) is 6.04 Å². The Morgan fingerprint density at radius 2 is 1.52 bits per heavy atom. The van der Waals surface area contributed by atoms with Gasteiger partial charge in [0.25, 0.3) is 0 Å². The number of benzene rings is 2. The van der Waals surface area contributed by atoms with Crippen molar-refractivity contribution in [2.45, 2.75) is 37.6 Å². The van der Waals surface area contributed by atoms with E-state index < -0.39 is 0 Å². The van der Waals surface area contributed by atoms with Crippen LogP contribution in [0.5, 0.6) is 0 Å². The van der Waals surface area contributed by atoms with E-state index in [0.717, 1.165) is 31.2 Å². The van der Waals surface area contributed by atoms with Gasteiger partial charge in [-0.2, -0.15) is 0 Å². The van der Waals surface area contributed by atoms with Gasteiger partial charge in [-0.05, 0) is 54.9 Å². The fourth-order valence-corrected chi connectivity index (χ4v) is 3.58. The number of rotatable bonds is 3. The van der Waals surface area contributed by atoms with Crippen LogP contribution in [0.1, 0.15) is 42.7 Å². The topological polar surface area (TPSA) is 26.0 Å². The van der Waals surface area contributed by atoms with Crippen molar-refractivity contribution < 1.29 is 4.39 Å². The van der Waals surface area contributed by atoms with Gasteiger partial charge in [0.05, 0.1) is 0 Å². The van der Waals surface area contributed by atoms with Crippen molar-refractivity contribution in [3.05, 3.63) is 71.5 Å². The Bertz CT molecular complexity index is 573. The minimum absolute atomic E-state index is 0.152. The van der Waals surface area contributed by atoms with Gasteiger partial charge in [-0.1, -0.05) is 42.5 Å². The molecule has 0 heterocycles. The molecule has 1 nitrogen and oxygen atoms in total. The molecule has 1 saturated carbocycles. The summed E-state index contributed by atoms with van der Waals surface area (Å²) in [5.74, 6) is 0.671. The minimum atomic E-state index is -0.152. The molecule has 0 radical (unpaired) electrons. The predicted molar refractivity (Wildman–Crippen MR) is 84.6 cm³/mol. The number of halogens is 1. The van der Waals surface area contributed by atoms with Crippen LogP contribution in [0.4, 0.5) is 4.39 Å². The molecule has 0 bridgehead atoms. The van der Waals surface area contributed by atoms with Crippen LogP contribution in [0, 0.1) is 11.7 Å². The molecule has 0 aromatic heterocycles. The molecule has 0 amide bonds. The SMILES string of the molecule is NC1CCC(C(c2ccccc2)c2cccc(F)c2)CC1. The summed E-state index contributed by atoms with van der Waals surface area (Å²) in [5.41, 5.74) is 8.40. The van der Waals surface area contributed by atoms with Crippen LogP contribution in [0.2, 0.25) is 0 Å². The van der Waals surface area contributed by atoms with Gasteiger partial charge in [-0.25, -0.2) is 4.39 Å². The van der Waals surface area contributed by atoms with Crippen molar-refractivity contribution in [2.24, 2.45) is 11.7 Å². The molecule has 0 spiro atoms. The van der Waals surface area contributed by atoms with Gasteiger partial charge in [0.2, 0.25) is 0 Å². The second-order valence-electron chi connectivity index (χ2n) is 6.12. The maximum atomic E-state index is 13.7. The molecule has 110 valence electrons. The molecule has 2 aromatic carbocycles. The van der Waals surface area contributed by atoms with Crippen LogP contribution in [-0.2, 0) is 0 Å². The highest BCUT2D eigenvalue weighted by atomic mass is 19.1. The van der Waals surface area contributed by atoms with Crippen molar-refractivity contribution in [3.8, 4) is 0 Å². The van der Waals surface area contributed by atoms with Crippen molar-refractivity contribution in [1.82, 2.24) is 0 Å². The van der Waals surface area contributed by atoms with Crippen LogP contribution in [0.3, 0.4) is 0 Å². The molecule has 1 unspecified atom stereocenters. The lowest BCUT2D eigenvalue weighted by Gasteiger charge is -2.33. The number of hydrogen-bond acceptors (Lipinski definition) is 1. The summed E-state index contributed by atoms with van der Waals surface area (Å²) in [6.07, 6.45) is 4.39.